The zero-order valence-electron chi connectivity index (χ0n) is 6.38. The van der Waals surface area contributed by atoms with Crippen molar-refractivity contribution in [2.75, 3.05) is 13.2 Å². The lowest BCUT2D eigenvalue weighted by molar-refractivity contribution is -0.132. The lowest BCUT2D eigenvalue weighted by Crippen LogP contribution is -2.38. The quantitative estimate of drug-likeness (QED) is 0.516. The lowest BCUT2D eigenvalue weighted by atomic mass is 10.1. The van der Waals surface area contributed by atoms with Gasteiger partial charge >= 0.3 is 0 Å². The molecule has 1 saturated heterocycles. The van der Waals surface area contributed by atoms with Gasteiger partial charge in [-0.2, -0.15) is 0 Å². The van der Waals surface area contributed by atoms with E-state index in [4.69, 9.17) is 4.74 Å². The molecule has 0 aromatic rings. The molecule has 3 heteroatoms. The van der Waals surface area contributed by atoms with Crippen LogP contribution in [0.5, 0.6) is 0 Å². The molecule has 1 fully saturated rings. The molecule has 0 bridgehead atoms. The Hall–Kier alpha value is -0.990. The van der Waals surface area contributed by atoms with Gasteiger partial charge in [-0.15, -0.1) is 0 Å². The normalized spacial score (nSPS) is 23.8. The van der Waals surface area contributed by atoms with Crippen LogP contribution < -0.4 is 0 Å². The summed E-state index contributed by atoms with van der Waals surface area (Å²) in [7, 11) is 0. The average Bonchev–Trinajstić information content (AvgIpc) is 2.06. The molecule has 2 heterocycles. The molecule has 2 aliphatic heterocycles. The van der Waals surface area contributed by atoms with Gasteiger partial charge in [-0.3, -0.25) is 4.79 Å². The summed E-state index contributed by atoms with van der Waals surface area (Å²) in [4.78, 5) is 13.1. The van der Waals surface area contributed by atoms with Gasteiger partial charge in [-0.1, -0.05) is 0 Å². The highest BCUT2D eigenvalue weighted by Crippen LogP contribution is 2.23. The summed E-state index contributed by atoms with van der Waals surface area (Å²) >= 11 is 0. The van der Waals surface area contributed by atoms with Crippen LogP contribution in [0.2, 0.25) is 0 Å². The summed E-state index contributed by atoms with van der Waals surface area (Å²) in [6.07, 6.45) is 4.40. The van der Waals surface area contributed by atoms with Crippen LogP contribution in [-0.4, -0.2) is 24.0 Å². The summed E-state index contributed by atoms with van der Waals surface area (Å²) in [6.45, 7) is 1.39. The minimum Gasteiger partial charge on any atom is -0.498 e. The van der Waals surface area contributed by atoms with Crippen LogP contribution in [0.3, 0.4) is 0 Å². The third-order valence-corrected chi connectivity index (χ3v) is 2.12. The Morgan fingerprint density at radius 2 is 2.36 bits per heavy atom. The maximum atomic E-state index is 11.3. The smallest absolute Gasteiger partial charge is 0.226 e. The van der Waals surface area contributed by atoms with Gasteiger partial charge < -0.3 is 9.64 Å². The Kier molecular flexibility index (Phi) is 1.56. The Balaban J connectivity index is 2.20. The van der Waals surface area contributed by atoms with Crippen LogP contribution in [0.1, 0.15) is 19.3 Å². The number of allylic oxidation sites excluding steroid dienone is 1. The van der Waals surface area contributed by atoms with Gasteiger partial charge in [0, 0.05) is 6.42 Å². The second-order valence-corrected chi connectivity index (χ2v) is 2.88. The number of ether oxygens (including phenoxy) is 1. The van der Waals surface area contributed by atoms with E-state index in [-0.39, 0.29) is 5.91 Å². The maximum Gasteiger partial charge on any atom is 0.226 e. The van der Waals surface area contributed by atoms with Crippen molar-refractivity contribution in [1.82, 2.24) is 4.90 Å². The van der Waals surface area contributed by atoms with Crippen molar-refractivity contribution < 1.29 is 9.53 Å². The van der Waals surface area contributed by atoms with E-state index in [0.29, 0.717) is 13.0 Å². The van der Waals surface area contributed by atoms with Gasteiger partial charge in [-0.25, -0.2) is 0 Å². The molecule has 60 valence electrons. The van der Waals surface area contributed by atoms with E-state index in [0.717, 1.165) is 25.1 Å². The molecular weight excluding hydrogens is 142 g/mol. The van der Waals surface area contributed by atoms with Crippen molar-refractivity contribution in [1.29, 1.82) is 0 Å². The second-order valence-electron chi connectivity index (χ2n) is 2.88. The van der Waals surface area contributed by atoms with Gasteiger partial charge in [0.1, 0.15) is 12.9 Å². The molecule has 0 aliphatic carbocycles. The Labute approximate surface area is 65.6 Å². The monoisotopic (exact) mass is 153 g/mol. The molecule has 11 heavy (non-hydrogen) atoms. The van der Waals surface area contributed by atoms with E-state index in [1.165, 1.54) is 0 Å². The predicted molar refractivity (Wildman–Crippen MR) is 39.6 cm³/mol. The first kappa shape index (κ1) is 6.70. The minimum absolute atomic E-state index is 0.255. The number of carbonyl (C=O) groups is 1. The largest absolute Gasteiger partial charge is 0.498 e. The van der Waals surface area contributed by atoms with Crippen LogP contribution >= 0.6 is 0 Å². The van der Waals surface area contributed by atoms with Crippen molar-refractivity contribution >= 4 is 5.91 Å². The molecule has 0 unspecified atom stereocenters. The summed E-state index contributed by atoms with van der Waals surface area (Å²) in [6, 6.07) is 0. The second kappa shape index (κ2) is 2.57. The minimum atomic E-state index is 0.255. The summed E-state index contributed by atoms with van der Waals surface area (Å²) in [5.74, 6) is 0.255. The van der Waals surface area contributed by atoms with Crippen molar-refractivity contribution in [3.63, 3.8) is 0 Å². The van der Waals surface area contributed by atoms with E-state index >= 15 is 0 Å². The first-order valence-electron chi connectivity index (χ1n) is 3.99. The molecule has 0 saturated carbocycles. The molecule has 1 amide bonds. The molecule has 0 spiro atoms. The molecule has 3 nitrogen and oxygen atoms in total. The number of amides is 1. The Bertz CT molecular complexity index is 210. The van der Waals surface area contributed by atoms with Gasteiger partial charge in [0.2, 0.25) is 5.91 Å². The van der Waals surface area contributed by atoms with E-state index in [1.54, 1.807) is 6.26 Å². The van der Waals surface area contributed by atoms with E-state index in [1.807, 2.05) is 4.90 Å². The topological polar surface area (TPSA) is 29.5 Å². The van der Waals surface area contributed by atoms with Gasteiger partial charge in [0.25, 0.3) is 0 Å². The first-order valence-corrected chi connectivity index (χ1v) is 3.99. The Morgan fingerprint density at radius 1 is 1.45 bits per heavy atom. The predicted octanol–water partition coefficient (Wildman–Crippen LogP) is 0.871. The fraction of sp³-hybridized carbons (Fsp3) is 0.625. The summed E-state index contributed by atoms with van der Waals surface area (Å²) in [5.41, 5.74) is 1.06. The first-order chi connectivity index (χ1) is 5.38. The lowest BCUT2D eigenvalue weighted by Gasteiger charge is -2.31. The zero-order chi connectivity index (χ0) is 7.68. The van der Waals surface area contributed by atoms with Gasteiger partial charge in [-0.05, 0) is 12.8 Å². The maximum absolute atomic E-state index is 11.3. The van der Waals surface area contributed by atoms with Crippen molar-refractivity contribution in [3.05, 3.63) is 12.0 Å². The number of carbonyl (C=O) groups excluding carboxylic acids is 1. The molecule has 0 N–H and O–H groups in total. The number of fused-ring (bicyclic) bond motifs is 1. The molecule has 2 rings (SSSR count). The van der Waals surface area contributed by atoms with Crippen molar-refractivity contribution in [2.24, 2.45) is 0 Å². The number of hydrogen-bond donors (Lipinski definition) is 0. The van der Waals surface area contributed by atoms with Crippen LogP contribution in [-0.2, 0) is 9.53 Å². The number of piperidine rings is 1. The molecule has 0 atom stereocenters. The van der Waals surface area contributed by atoms with Crippen molar-refractivity contribution in [2.45, 2.75) is 19.3 Å². The fourth-order valence-corrected chi connectivity index (χ4v) is 1.54. The number of hydrogen-bond acceptors (Lipinski definition) is 2. The third kappa shape index (κ3) is 1.11. The zero-order valence-corrected chi connectivity index (χ0v) is 6.38. The summed E-state index contributed by atoms with van der Waals surface area (Å²) in [5, 5.41) is 0. The molecular formula is C8H11NO2. The van der Waals surface area contributed by atoms with Gasteiger partial charge in [0.05, 0.1) is 12.2 Å². The van der Waals surface area contributed by atoms with E-state index in [2.05, 4.69) is 0 Å². The molecule has 0 radical (unpaired) electrons. The molecule has 0 aromatic heterocycles. The average molecular weight is 153 g/mol. The number of nitrogens with zero attached hydrogens (tertiary/aromatic N) is 1. The highest BCUT2D eigenvalue weighted by atomic mass is 16.5. The highest BCUT2D eigenvalue weighted by molar-refractivity contribution is 5.79. The van der Waals surface area contributed by atoms with Crippen LogP contribution in [0, 0.1) is 0 Å². The molecule has 2 aliphatic rings. The number of rotatable bonds is 0. The van der Waals surface area contributed by atoms with Crippen LogP contribution in [0.4, 0.5) is 0 Å². The SMILES string of the molecule is O=C1CCCC2=COCCN12. The van der Waals surface area contributed by atoms with E-state index in [9.17, 15) is 4.79 Å². The van der Waals surface area contributed by atoms with E-state index < -0.39 is 0 Å². The van der Waals surface area contributed by atoms with Crippen LogP contribution in [0.15, 0.2) is 12.0 Å². The van der Waals surface area contributed by atoms with Crippen molar-refractivity contribution in [3.8, 4) is 0 Å². The Morgan fingerprint density at radius 3 is 3.18 bits per heavy atom. The molecule has 0 aromatic carbocycles. The third-order valence-electron chi connectivity index (χ3n) is 2.12. The van der Waals surface area contributed by atoms with Crippen LogP contribution in [0.25, 0.3) is 0 Å². The summed E-state index contributed by atoms with van der Waals surface area (Å²) < 4.78 is 5.13. The standard InChI is InChI=1S/C8H11NO2/c10-8-3-1-2-7-6-11-5-4-9(7)8/h6H,1-5H2. The van der Waals surface area contributed by atoms with Gasteiger partial charge in [0.15, 0.2) is 0 Å². The highest BCUT2D eigenvalue weighted by Gasteiger charge is 2.24. The fourth-order valence-electron chi connectivity index (χ4n) is 1.54.